The second-order valence-electron chi connectivity index (χ2n) is 6.05. The molecule has 0 radical (unpaired) electrons. The molecule has 1 saturated carbocycles. The van der Waals surface area contributed by atoms with Crippen LogP contribution in [0.25, 0.3) is 0 Å². The average molecular weight is 364 g/mol. The number of para-hydroxylation sites is 1. The molecular weight excluding hydrogens is 345 g/mol. The van der Waals surface area contributed by atoms with Gasteiger partial charge >= 0.3 is 0 Å². The van der Waals surface area contributed by atoms with Crippen LogP contribution in [0.4, 0.5) is 5.69 Å². The average Bonchev–Trinajstić information content (AvgIpc) is 2.58. The van der Waals surface area contributed by atoms with Crippen LogP contribution in [0.3, 0.4) is 0 Å². The minimum atomic E-state index is -0.533. The van der Waals surface area contributed by atoms with Crippen molar-refractivity contribution in [3.05, 3.63) is 64.1 Å². The fourth-order valence-corrected chi connectivity index (χ4v) is 3.72. The number of carbonyl (C=O) groups is 1. The Morgan fingerprint density at radius 2 is 1.75 bits per heavy atom. The first kappa shape index (κ1) is 17.3. The van der Waals surface area contributed by atoms with E-state index in [1.54, 1.807) is 23.1 Å². The number of aliphatic hydroxyl groups is 1. The molecule has 5 heteroatoms. The summed E-state index contributed by atoms with van der Waals surface area (Å²) in [7, 11) is 0. The number of hydrogen-bond donors (Lipinski definition) is 1. The fourth-order valence-electron chi connectivity index (χ4n) is 3.23. The zero-order valence-electron chi connectivity index (χ0n) is 13.2. The van der Waals surface area contributed by atoms with Crippen molar-refractivity contribution in [2.45, 2.75) is 37.8 Å². The lowest BCUT2D eigenvalue weighted by molar-refractivity contribution is 0.0821. The Morgan fingerprint density at radius 3 is 2.42 bits per heavy atom. The van der Waals surface area contributed by atoms with Gasteiger partial charge in [0, 0.05) is 10.7 Å². The summed E-state index contributed by atoms with van der Waals surface area (Å²) in [5.41, 5.74) is 1.15. The van der Waals surface area contributed by atoms with Crippen LogP contribution in [0.2, 0.25) is 10.0 Å². The highest BCUT2D eigenvalue weighted by Crippen LogP contribution is 2.31. The predicted octanol–water partition coefficient (Wildman–Crippen LogP) is 4.94. The number of nitrogens with zero attached hydrogens (tertiary/aromatic N) is 1. The van der Waals surface area contributed by atoms with E-state index in [9.17, 15) is 9.90 Å². The maximum absolute atomic E-state index is 13.2. The molecule has 126 valence electrons. The molecule has 0 saturated heterocycles. The highest BCUT2D eigenvalue weighted by Gasteiger charge is 2.34. The van der Waals surface area contributed by atoms with E-state index in [0.717, 1.165) is 24.9 Å². The molecule has 0 bridgehead atoms. The quantitative estimate of drug-likeness (QED) is 0.838. The largest absolute Gasteiger partial charge is 0.391 e. The number of aliphatic hydroxyl groups excluding tert-OH is 1. The maximum atomic E-state index is 13.2. The van der Waals surface area contributed by atoms with E-state index >= 15 is 0 Å². The van der Waals surface area contributed by atoms with Crippen LogP contribution < -0.4 is 4.90 Å². The molecule has 0 heterocycles. The lowest BCUT2D eigenvalue weighted by Crippen LogP contribution is -2.49. The summed E-state index contributed by atoms with van der Waals surface area (Å²) < 4.78 is 0. The molecule has 2 aromatic rings. The summed E-state index contributed by atoms with van der Waals surface area (Å²) in [6.45, 7) is 0. The number of halogens is 2. The van der Waals surface area contributed by atoms with Gasteiger partial charge in [-0.05, 0) is 43.2 Å². The Labute approximate surface area is 151 Å². The van der Waals surface area contributed by atoms with Crippen LogP contribution in [0.5, 0.6) is 0 Å². The van der Waals surface area contributed by atoms with Crippen molar-refractivity contribution in [1.29, 1.82) is 0 Å². The van der Waals surface area contributed by atoms with Gasteiger partial charge in [0.25, 0.3) is 5.91 Å². The van der Waals surface area contributed by atoms with Crippen LogP contribution in [-0.4, -0.2) is 23.2 Å². The topological polar surface area (TPSA) is 40.5 Å². The van der Waals surface area contributed by atoms with Crippen molar-refractivity contribution in [2.75, 3.05) is 4.90 Å². The molecule has 2 atom stereocenters. The molecule has 1 N–H and O–H groups in total. The minimum absolute atomic E-state index is 0.214. The second-order valence-corrected chi connectivity index (χ2v) is 6.90. The molecule has 0 spiro atoms. The minimum Gasteiger partial charge on any atom is -0.391 e. The van der Waals surface area contributed by atoms with Crippen LogP contribution in [0.1, 0.15) is 36.0 Å². The number of benzene rings is 2. The zero-order valence-corrected chi connectivity index (χ0v) is 14.7. The van der Waals surface area contributed by atoms with Gasteiger partial charge in [0.2, 0.25) is 0 Å². The van der Waals surface area contributed by atoms with E-state index in [2.05, 4.69) is 0 Å². The molecule has 2 aromatic carbocycles. The molecule has 0 aliphatic heterocycles. The smallest absolute Gasteiger partial charge is 0.260 e. The SMILES string of the molecule is O=C(c1ccc(Cl)cc1Cl)N(c1ccccc1)C1CCCCC1O. The van der Waals surface area contributed by atoms with Gasteiger partial charge in [-0.2, -0.15) is 0 Å². The normalized spacial score (nSPS) is 20.6. The van der Waals surface area contributed by atoms with Gasteiger partial charge in [-0.25, -0.2) is 0 Å². The van der Waals surface area contributed by atoms with E-state index in [4.69, 9.17) is 23.2 Å². The Morgan fingerprint density at radius 1 is 1.04 bits per heavy atom. The first-order chi connectivity index (χ1) is 11.6. The van der Waals surface area contributed by atoms with Crippen molar-refractivity contribution < 1.29 is 9.90 Å². The molecule has 1 amide bonds. The number of hydrogen-bond acceptors (Lipinski definition) is 2. The zero-order chi connectivity index (χ0) is 17.1. The van der Waals surface area contributed by atoms with Gasteiger partial charge in [0.05, 0.1) is 22.7 Å². The Bertz CT molecular complexity index is 721. The van der Waals surface area contributed by atoms with Crippen molar-refractivity contribution in [3.8, 4) is 0 Å². The van der Waals surface area contributed by atoms with E-state index in [1.807, 2.05) is 30.3 Å². The fraction of sp³-hybridized carbons (Fsp3) is 0.316. The monoisotopic (exact) mass is 363 g/mol. The van der Waals surface area contributed by atoms with Gasteiger partial charge in [-0.15, -0.1) is 0 Å². The van der Waals surface area contributed by atoms with Crippen LogP contribution in [-0.2, 0) is 0 Å². The standard InChI is InChI=1S/C19H19Cl2NO2/c20-13-10-11-15(16(21)12-13)19(24)22(14-6-2-1-3-7-14)17-8-4-5-9-18(17)23/h1-3,6-7,10-12,17-18,23H,4-5,8-9H2. The third-order valence-corrected chi connectivity index (χ3v) is 4.99. The Hall–Kier alpha value is -1.55. The molecule has 1 fully saturated rings. The summed E-state index contributed by atoms with van der Waals surface area (Å²) in [5.74, 6) is -0.214. The van der Waals surface area contributed by atoms with Gasteiger partial charge in [-0.3, -0.25) is 4.79 Å². The first-order valence-electron chi connectivity index (χ1n) is 8.09. The van der Waals surface area contributed by atoms with E-state index in [0.29, 0.717) is 22.0 Å². The summed E-state index contributed by atoms with van der Waals surface area (Å²) in [4.78, 5) is 14.9. The second kappa shape index (κ2) is 7.56. The molecule has 1 aliphatic carbocycles. The molecule has 3 nitrogen and oxygen atoms in total. The highest BCUT2D eigenvalue weighted by atomic mass is 35.5. The molecule has 1 aliphatic rings. The summed E-state index contributed by atoms with van der Waals surface area (Å²) in [6, 6.07) is 14.0. The number of anilines is 1. The van der Waals surface area contributed by atoms with Gasteiger partial charge < -0.3 is 10.0 Å². The van der Waals surface area contributed by atoms with Crippen molar-refractivity contribution in [2.24, 2.45) is 0 Å². The number of amides is 1. The number of rotatable bonds is 3. The highest BCUT2D eigenvalue weighted by molar-refractivity contribution is 6.37. The Balaban J connectivity index is 2.02. The van der Waals surface area contributed by atoms with Crippen LogP contribution in [0, 0.1) is 0 Å². The Kier molecular flexibility index (Phi) is 5.44. The summed E-state index contributed by atoms with van der Waals surface area (Å²) in [5, 5.41) is 11.3. The molecule has 24 heavy (non-hydrogen) atoms. The maximum Gasteiger partial charge on any atom is 0.260 e. The van der Waals surface area contributed by atoms with Gasteiger partial charge in [0.1, 0.15) is 0 Å². The summed E-state index contributed by atoms with van der Waals surface area (Å²) >= 11 is 12.2. The van der Waals surface area contributed by atoms with Crippen molar-refractivity contribution in [1.82, 2.24) is 0 Å². The van der Waals surface area contributed by atoms with Crippen molar-refractivity contribution in [3.63, 3.8) is 0 Å². The lowest BCUT2D eigenvalue weighted by Gasteiger charge is -2.38. The molecule has 0 aromatic heterocycles. The third kappa shape index (κ3) is 3.59. The van der Waals surface area contributed by atoms with Crippen LogP contribution in [0.15, 0.2) is 48.5 Å². The first-order valence-corrected chi connectivity index (χ1v) is 8.85. The molecular formula is C19H19Cl2NO2. The van der Waals surface area contributed by atoms with E-state index < -0.39 is 6.10 Å². The predicted molar refractivity (Wildman–Crippen MR) is 98.0 cm³/mol. The van der Waals surface area contributed by atoms with Crippen molar-refractivity contribution >= 4 is 34.8 Å². The summed E-state index contributed by atoms with van der Waals surface area (Å²) in [6.07, 6.45) is 2.92. The van der Waals surface area contributed by atoms with Gasteiger partial charge in [0.15, 0.2) is 0 Å². The van der Waals surface area contributed by atoms with E-state index in [1.165, 1.54) is 0 Å². The van der Waals surface area contributed by atoms with E-state index in [-0.39, 0.29) is 11.9 Å². The molecule has 2 unspecified atom stereocenters. The van der Waals surface area contributed by atoms with Crippen LogP contribution >= 0.6 is 23.2 Å². The molecule has 3 rings (SSSR count). The lowest BCUT2D eigenvalue weighted by atomic mass is 9.90. The third-order valence-electron chi connectivity index (χ3n) is 4.44. The number of carbonyl (C=O) groups excluding carboxylic acids is 1. The van der Waals surface area contributed by atoms with Gasteiger partial charge in [-0.1, -0.05) is 54.2 Å².